The highest BCUT2D eigenvalue weighted by atomic mass is 16.3. The number of nitrogens with zero attached hydrogens (tertiary/aromatic N) is 1. The van der Waals surface area contributed by atoms with Gasteiger partial charge in [0.05, 0.1) is 16.7 Å². The molecule has 0 unspecified atom stereocenters. The second kappa shape index (κ2) is 10.3. The Morgan fingerprint density at radius 2 is 1.09 bits per heavy atom. The molecule has 0 atom stereocenters. The van der Waals surface area contributed by atoms with E-state index in [2.05, 4.69) is 162 Å². The number of nitrogens with one attached hydrogen (secondary N) is 1. The number of anilines is 2. The second-order valence-electron chi connectivity index (χ2n) is 11.5. The van der Waals surface area contributed by atoms with Crippen molar-refractivity contribution in [2.45, 2.75) is 0 Å². The molecule has 0 bridgehead atoms. The number of furan rings is 1. The number of aromatic nitrogens is 1. The number of rotatable bonds is 5. The standard InChI is InChI=1S/C42H28N2O/c1-3-12-28(13-4-1)36-26-29(23-25-37(36)43-38-19-11-18-35-34-17-8-10-21-41(34)45-42(35)38)30-22-24-33-32-16-7-9-20-39(32)44(40(33)27-30)31-14-5-2-6-15-31/h1-27,43H. The Morgan fingerprint density at radius 1 is 0.422 bits per heavy atom. The zero-order valence-corrected chi connectivity index (χ0v) is 24.4. The molecule has 9 aromatic rings. The number of fused-ring (bicyclic) bond motifs is 6. The van der Waals surface area contributed by atoms with Crippen LogP contribution in [0.5, 0.6) is 0 Å². The van der Waals surface area contributed by atoms with Crippen LogP contribution in [0.15, 0.2) is 168 Å². The van der Waals surface area contributed by atoms with Crippen molar-refractivity contribution in [3.05, 3.63) is 164 Å². The first-order valence-corrected chi connectivity index (χ1v) is 15.3. The number of hydrogen-bond acceptors (Lipinski definition) is 2. The van der Waals surface area contributed by atoms with E-state index in [1.54, 1.807) is 0 Å². The molecule has 45 heavy (non-hydrogen) atoms. The van der Waals surface area contributed by atoms with Crippen molar-refractivity contribution in [2.75, 3.05) is 5.32 Å². The molecular formula is C42H28N2O. The van der Waals surface area contributed by atoms with Crippen molar-refractivity contribution in [1.82, 2.24) is 4.57 Å². The predicted molar refractivity (Wildman–Crippen MR) is 189 cm³/mol. The Labute approximate surface area is 260 Å². The first kappa shape index (κ1) is 25.4. The normalized spacial score (nSPS) is 11.6. The SMILES string of the molecule is c1ccc(-c2cc(-c3ccc4c5ccccc5n(-c5ccccc5)c4c3)ccc2Nc2cccc3c2oc2ccccc23)cc1. The van der Waals surface area contributed by atoms with E-state index >= 15 is 0 Å². The molecule has 0 saturated carbocycles. The summed E-state index contributed by atoms with van der Waals surface area (Å²) in [6.45, 7) is 0. The van der Waals surface area contributed by atoms with Gasteiger partial charge in [0, 0.05) is 38.5 Å². The van der Waals surface area contributed by atoms with Crippen LogP contribution in [0.2, 0.25) is 0 Å². The van der Waals surface area contributed by atoms with Gasteiger partial charge in [-0.2, -0.15) is 0 Å². The molecule has 0 spiro atoms. The fourth-order valence-electron chi connectivity index (χ4n) is 6.69. The van der Waals surface area contributed by atoms with Gasteiger partial charge in [-0.05, 0) is 65.2 Å². The van der Waals surface area contributed by atoms with Crippen LogP contribution in [0.1, 0.15) is 0 Å². The zero-order chi connectivity index (χ0) is 29.7. The molecule has 1 N–H and O–H groups in total. The van der Waals surface area contributed by atoms with Crippen LogP contribution >= 0.6 is 0 Å². The minimum absolute atomic E-state index is 0.862. The molecule has 0 saturated heterocycles. The molecule has 0 amide bonds. The van der Waals surface area contributed by atoms with Crippen LogP contribution in [0, 0.1) is 0 Å². The van der Waals surface area contributed by atoms with Gasteiger partial charge < -0.3 is 14.3 Å². The Balaban J connectivity index is 1.20. The third-order valence-electron chi connectivity index (χ3n) is 8.80. The fraction of sp³-hybridized carbons (Fsp3) is 0. The van der Waals surface area contributed by atoms with Gasteiger partial charge in [0.2, 0.25) is 0 Å². The fourth-order valence-corrected chi connectivity index (χ4v) is 6.69. The van der Waals surface area contributed by atoms with Crippen LogP contribution in [0.25, 0.3) is 71.7 Å². The van der Waals surface area contributed by atoms with Gasteiger partial charge in [-0.3, -0.25) is 0 Å². The van der Waals surface area contributed by atoms with Crippen molar-refractivity contribution in [3.63, 3.8) is 0 Å². The van der Waals surface area contributed by atoms with Gasteiger partial charge in [-0.25, -0.2) is 0 Å². The summed E-state index contributed by atoms with van der Waals surface area (Å²) in [6.07, 6.45) is 0. The summed E-state index contributed by atoms with van der Waals surface area (Å²) in [5.41, 5.74) is 11.9. The Bertz CT molecular complexity index is 2510. The molecule has 2 heterocycles. The Hall–Kier alpha value is -6.06. The van der Waals surface area contributed by atoms with Crippen molar-refractivity contribution >= 4 is 55.1 Å². The molecule has 0 radical (unpaired) electrons. The average molecular weight is 577 g/mol. The monoisotopic (exact) mass is 576 g/mol. The summed E-state index contributed by atoms with van der Waals surface area (Å²) in [7, 11) is 0. The molecule has 212 valence electrons. The van der Waals surface area contributed by atoms with Crippen LogP contribution in [0.4, 0.5) is 11.4 Å². The van der Waals surface area contributed by atoms with E-state index in [4.69, 9.17) is 4.42 Å². The van der Waals surface area contributed by atoms with Gasteiger partial charge in [-0.15, -0.1) is 0 Å². The van der Waals surface area contributed by atoms with Gasteiger partial charge in [0.15, 0.2) is 5.58 Å². The van der Waals surface area contributed by atoms with E-state index in [-0.39, 0.29) is 0 Å². The molecule has 3 heteroatoms. The third kappa shape index (κ3) is 4.21. The van der Waals surface area contributed by atoms with Crippen molar-refractivity contribution in [1.29, 1.82) is 0 Å². The van der Waals surface area contributed by atoms with E-state index in [9.17, 15) is 0 Å². The van der Waals surface area contributed by atoms with Gasteiger partial charge in [0.1, 0.15) is 5.58 Å². The second-order valence-corrected chi connectivity index (χ2v) is 11.5. The summed E-state index contributed by atoms with van der Waals surface area (Å²) >= 11 is 0. The lowest BCUT2D eigenvalue weighted by molar-refractivity contribution is 0.670. The van der Waals surface area contributed by atoms with Crippen molar-refractivity contribution in [2.24, 2.45) is 0 Å². The molecule has 0 aliphatic carbocycles. The summed E-state index contributed by atoms with van der Waals surface area (Å²) in [5.74, 6) is 0. The molecule has 9 rings (SSSR count). The molecular weight excluding hydrogens is 548 g/mol. The maximum atomic E-state index is 6.34. The Morgan fingerprint density at radius 3 is 1.96 bits per heavy atom. The van der Waals surface area contributed by atoms with Crippen LogP contribution in [-0.4, -0.2) is 4.57 Å². The number of para-hydroxylation sites is 4. The predicted octanol–water partition coefficient (Wildman–Crippen LogP) is 11.8. The highest BCUT2D eigenvalue weighted by Gasteiger charge is 2.16. The average Bonchev–Trinajstić information content (AvgIpc) is 3.65. The van der Waals surface area contributed by atoms with E-state index in [0.29, 0.717) is 0 Å². The molecule has 0 aliphatic heterocycles. The molecule has 0 fully saturated rings. The zero-order valence-electron chi connectivity index (χ0n) is 24.4. The highest BCUT2D eigenvalue weighted by Crippen LogP contribution is 2.40. The molecule has 3 nitrogen and oxygen atoms in total. The molecule has 0 aliphatic rings. The van der Waals surface area contributed by atoms with Crippen molar-refractivity contribution in [3.8, 4) is 27.9 Å². The smallest absolute Gasteiger partial charge is 0.158 e. The van der Waals surface area contributed by atoms with Crippen LogP contribution in [0.3, 0.4) is 0 Å². The quantitative estimate of drug-likeness (QED) is 0.221. The Kier molecular flexibility index (Phi) is 5.82. The minimum atomic E-state index is 0.862. The first-order chi connectivity index (χ1) is 22.3. The lowest BCUT2D eigenvalue weighted by Gasteiger charge is -2.15. The lowest BCUT2D eigenvalue weighted by Crippen LogP contribution is -1.95. The summed E-state index contributed by atoms with van der Waals surface area (Å²) in [4.78, 5) is 0. The van der Waals surface area contributed by atoms with Crippen molar-refractivity contribution < 1.29 is 4.42 Å². The third-order valence-corrected chi connectivity index (χ3v) is 8.80. The number of hydrogen-bond donors (Lipinski definition) is 1. The lowest BCUT2D eigenvalue weighted by atomic mass is 9.96. The minimum Gasteiger partial charge on any atom is -0.454 e. The van der Waals surface area contributed by atoms with E-state index in [0.717, 1.165) is 55.7 Å². The topological polar surface area (TPSA) is 30.1 Å². The summed E-state index contributed by atoms with van der Waals surface area (Å²) in [5, 5.41) is 8.47. The largest absolute Gasteiger partial charge is 0.454 e. The summed E-state index contributed by atoms with van der Waals surface area (Å²) in [6, 6.07) is 57.9. The maximum absolute atomic E-state index is 6.34. The first-order valence-electron chi connectivity index (χ1n) is 15.3. The van der Waals surface area contributed by atoms with Crippen LogP contribution < -0.4 is 5.32 Å². The summed E-state index contributed by atoms with van der Waals surface area (Å²) < 4.78 is 8.71. The number of benzene rings is 7. The van der Waals surface area contributed by atoms with Gasteiger partial charge in [0.25, 0.3) is 0 Å². The molecule has 2 aromatic heterocycles. The van der Waals surface area contributed by atoms with E-state index in [1.807, 2.05) is 12.1 Å². The highest BCUT2D eigenvalue weighted by molar-refractivity contribution is 6.11. The van der Waals surface area contributed by atoms with Crippen LogP contribution in [-0.2, 0) is 0 Å². The van der Waals surface area contributed by atoms with E-state index < -0.39 is 0 Å². The van der Waals surface area contributed by atoms with Gasteiger partial charge in [-0.1, -0.05) is 115 Å². The molecule has 7 aromatic carbocycles. The van der Waals surface area contributed by atoms with Gasteiger partial charge >= 0.3 is 0 Å². The maximum Gasteiger partial charge on any atom is 0.158 e. The van der Waals surface area contributed by atoms with E-state index in [1.165, 1.54) is 27.4 Å².